The van der Waals surface area contributed by atoms with Crippen LogP contribution in [0.2, 0.25) is 0 Å². The molecule has 0 aromatic rings. The topological polar surface area (TPSA) is 55.8 Å². The molecule has 21 heavy (non-hydrogen) atoms. The summed E-state index contributed by atoms with van der Waals surface area (Å²) in [6.45, 7) is 14.5. The third-order valence-electron chi connectivity index (χ3n) is 4.63. The van der Waals surface area contributed by atoms with E-state index in [4.69, 9.17) is 0 Å². The van der Waals surface area contributed by atoms with Crippen molar-refractivity contribution < 1.29 is 9.90 Å². The maximum atomic E-state index is 11.5. The Hall–Kier alpha value is -0.650. The number of carboxylic acid groups (broad SMARTS) is 1. The molecule has 2 N–H and O–H groups in total. The lowest BCUT2D eigenvalue weighted by atomic mass is 9.94. The largest absolute Gasteiger partial charge is 0.480 e. The van der Waals surface area contributed by atoms with Gasteiger partial charge in [0.25, 0.3) is 0 Å². The van der Waals surface area contributed by atoms with Crippen LogP contribution in [0.15, 0.2) is 0 Å². The molecule has 0 amide bonds. The van der Waals surface area contributed by atoms with E-state index in [0.717, 1.165) is 32.6 Å². The van der Waals surface area contributed by atoms with Gasteiger partial charge in [0.15, 0.2) is 0 Å². The van der Waals surface area contributed by atoms with Gasteiger partial charge in [-0.2, -0.15) is 0 Å². The van der Waals surface area contributed by atoms with Gasteiger partial charge in [0.05, 0.1) is 0 Å². The number of piperazine rings is 1. The number of carbonyl (C=O) groups is 1. The highest BCUT2D eigenvalue weighted by Crippen LogP contribution is 2.20. The number of aliphatic carboxylic acids is 1. The Morgan fingerprint density at radius 1 is 1.38 bits per heavy atom. The monoisotopic (exact) mass is 299 g/mol. The van der Waals surface area contributed by atoms with Gasteiger partial charge in [0.2, 0.25) is 0 Å². The van der Waals surface area contributed by atoms with E-state index in [1.807, 2.05) is 13.8 Å². The molecule has 0 bridgehead atoms. The first kappa shape index (κ1) is 18.4. The van der Waals surface area contributed by atoms with E-state index in [1.54, 1.807) is 6.92 Å². The first-order chi connectivity index (χ1) is 9.57. The van der Waals surface area contributed by atoms with Crippen LogP contribution in [0.1, 0.15) is 47.5 Å². The third kappa shape index (κ3) is 5.24. The van der Waals surface area contributed by atoms with Crippen LogP contribution < -0.4 is 5.32 Å². The molecule has 5 heteroatoms. The number of nitrogens with one attached hydrogen (secondary N) is 1. The molecular weight excluding hydrogens is 266 g/mol. The first-order valence-corrected chi connectivity index (χ1v) is 8.01. The summed E-state index contributed by atoms with van der Waals surface area (Å²) < 4.78 is 0. The molecule has 1 atom stereocenters. The van der Waals surface area contributed by atoms with Crippen LogP contribution in [0.5, 0.6) is 0 Å². The molecule has 0 spiro atoms. The second kappa shape index (κ2) is 7.07. The lowest BCUT2D eigenvalue weighted by molar-refractivity contribution is -0.144. The summed E-state index contributed by atoms with van der Waals surface area (Å²) in [6, 6.07) is 0.175. The van der Waals surface area contributed by atoms with Crippen LogP contribution in [0, 0.1) is 0 Å². The smallest absolute Gasteiger partial charge is 0.323 e. The fourth-order valence-electron chi connectivity index (χ4n) is 3.07. The maximum absolute atomic E-state index is 11.5. The van der Waals surface area contributed by atoms with Gasteiger partial charge in [0.1, 0.15) is 5.54 Å². The number of rotatable bonds is 7. The summed E-state index contributed by atoms with van der Waals surface area (Å²) in [5.41, 5.74) is -0.624. The van der Waals surface area contributed by atoms with Crippen molar-refractivity contribution in [1.82, 2.24) is 15.1 Å². The second-order valence-corrected chi connectivity index (χ2v) is 7.55. The van der Waals surface area contributed by atoms with Crippen molar-refractivity contribution in [2.75, 3.05) is 33.2 Å². The molecule has 1 rings (SSSR count). The molecule has 5 nitrogen and oxygen atoms in total. The van der Waals surface area contributed by atoms with E-state index in [9.17, 15) is 9.90 Å². The van der Waals surface area contributed by atoms with E-state index < -0.39 is 11.5 Å². The summed E-state index contributed by atoms with van der Waals surface area (Å²) in [5, 5.41) is 12.6. The number of likely N-dealkylation sites (N-methyl/N-ethyl adjacent to an activating group) is 1. The zero-order chi connectivity index (χ0) is 16.3. The number of hydrogen-bond donors (Lipinski definition) is 2. The van der Waals surface area contributed by atoms with E-state index in [2.05, 4.69) is 36.0 Å². The van der Waals surface area contributed by atoms with Crippen molar-refractivity contribution in [1.29, 1.82) is 0 Å². The SMILES string of the molecule is CC(C)NC(C)(CCCN1CCN(C)C(C)(C)C1)C(=O)O. The van der Waals surface area contributed by atoms with Gasteiger partial charge < -0.3 is 10.0 Å². The van der Waals surface area contributed by atoms with Crippen LogP contribution in [0.3, 0.4) is 0 Å². The van der Waals surface area contributed by atoms with Crippen molar-refractivity contribution in [3.05, 3.63) is 0 Å². The summed E-state index contributed by atoms with van der Waals surface area (Å²) in [5.74, 6) is -0.755. The van der Waals surface area contributed by atoms with Crippen molar-refractivity contribution in [3.63, 3.8) is 0 Å². The number of carboxylic acids is 1. The zero-order valence-electron chi connectivity index (χ0n) is 14.6. The molecule has 0 radical (unpaired) electrons. The standard InChI is InChI=1S/C16H33N3O2/c1-13(2)17-16(5,14(20)21)8-7-9-19-11-10-18(6)15(3,4)12-19/h13,17H,7-12H2,1-6H3,(H,20,21). The average molecular weight is 299 g/mol. The van der Waals surface area contributed by atoms with Gasteiger partial charge in [-0.05, 0) is 61.1 Å². The minimum Gasteiger partial charge on any atom is -0.480 e. The van der Waals surface area contributed by atoms with Crippen molar-refractivity contribution in [2.24, 2.45) is 0 Å². The van der Waals surface area contributed by atoms with Gasteiger partial charge in [-0.3, -0.25) is 15.0 Å². The average Bonchev–Trinajstić information content (AvgIpc) is 2.32. The summed E-state index contributed by atoms with van der Waals surface area (Å²) in [7, 11) is 2.17. The van der Waals surface area contributed by atoms with Crippen molar-refractivity contribution >= 4 is 5.97 Å². The lowest BCUT2D eigenvalue weighted by Gasteiger charge is -2.45. The van der Waals surface area contributed by atoms with Gasteiger partial charge in [0, 0.05) is 31.2 Å². The quantitative estimate of drug-likeness (QED) is 0.748. The Morgan fingerprint density at radius 3 is 2.48 bits per heavy atom. The fraction of sp³-hybridized carbons (Fsp3) is 0.938. The van der Waals surface area contributed by atoms with Crippen molar-refractivity contribution in [3.8, 4) is 0 Å². The minimum absolute atomic E-state index is 0.175. The Kier molecular flexibility index (Phi) is 6.20. The van der Waals surface area contributed by atoms with Crippen LogP contribution in [0.25, 0.3) is 0 Å². The summed E-state index contributed by atoms with van der Waals surface area (Å²) in [4.78, 5) is 16.4. The number of nitrogens with zero attached hydrogens (tertiary/aromatic N) is 2. The number of hydrogen-bond acceptors (Lipinski definition) is 4. The molecule has 0 saturated carbocycles. The van der Waals surface area contributed by atoms with E-state index in [1.165, 1.54) is 0 Å². The first-order valence-electron chi connectivity index (χ1n) is 8.01. The Labute approximate surface area is 129 Å². The molecule has 0 aromatic carbocycles. The van der Waals surface area contributed by atoms with E-state index in [0.29, 0.717) is 6.42 Å². The Bertz CT molecular complexity index is 357. The molecule has 1 aliphatic heterocycles. The van der Waals surface area contributed by atoms with Crippen LogP contribution in [0.4, 0.5) is 0 Å². The molecule has 0 aromatic heterocycles. The van der Waals surface area contributed by atoms with Crippen LogP contribution >= 0.6 is 0 Å². The molecule has 1 fully saturated rings. The van der Waals surface area contributed by atoms with Crippen LogP contribution in [-0.2, 0) is 4.79 Å². The van der Waals surface area contributed by atoms with E-state index in [-0.39, 0.29) is 11.6 Å². The second-order valence-electron chi connectivity index (χ2n) is 7.55. The fourth-order valence-corrected chi connectivity index (χ4v) is 3.07. The highest BCUT2D eigenvalue weighted by atomic mass is 16.4. The van der Waals surface area contributed by atoms with Gasteiger partial charge in [-0.1, -0.05) is 0 Å². The third-order valence-corrected chi connectivity index (χ3v) is 4.63. The Balaban J connectivity index is 2.46. The van der Waals surface area contributed by atoms with Gasteiger partial charge in [-0.15, -0.1) is 0 Å². The van der Waals surface area contributed by atoms with Gasteiger partial charge in [-0.25, -0.2) is 0 Å². The normalized spacial score (nSPS) is 23.2. The molecule has 1 heterocycles. The zero-order valence-corrected chi connectivity index (χ0v) is 14.6. The highest BCUT2D eigenvalue weighted by Gasteiger charge is 2.34. The molecule has 124 valence electrons. The summed E-state index contributed by atoms with van der Waals surface area (Å²) in [6.07, 6.45) is 1.57. The summed E-state index contributed by atoms with van der Waals surface area (Å²) >= 11 is 0. The molecule has 1 aliphatic rings. The predicted octanol–water partition coefficient (Wildman–Crippen LogP) is 1.63. The molecule has 1 unspecified atom stereocenters. The Morgan fingerprint density at radius 2 is 2.00 bits per heavy atom. The lowest BCUT2D eigenvalue weighted by Crippen LogP contribution is -2.58. The molecular formula is C16H33N3O2. The molecule has 1 saturated heterocycles. The van der Waals surface area contributed by atoms with Crippen molar-refractivity contribution in [2.45, 2.75) is 64.6 Å². The van der Waals surface area contributed by atoms with E-state index >= 15 is 0 Å². The van der Waals surface area contributed by atoms with Crippen LogP contribution in [-0.4, -0.2) is 71.2 Å². The molecule has 0 aliphatic carbocycles. The minimum atomic E-state index is -0.823. The highest BCUT2D eigenvalue weighted by molar-refractivity contribution is 5.78. The predicted molar refractivity (Wildman–Crippen MR) is 86.7 cm³/mol. The van der Waals surface area contributed by atoms with Gasteiger partial charge >= 0.3 is 5.97 Å². The maximum Gasteiger partial charge on any atom is 0.323 e.